The molecule has 7 heteroatoms. The standard InChI is InChI=1S/C22H22N2O3S2/c1-2-16-10-11-21-19(15-16)24(18-8-3-4-9-20(18)28-21)14-12-22(29(25,26)27)17-7-5-6-13-23-17/h3-11,13,15,22H,2,12,14H2,1H3,(H,25,26,27). The summed E-state index contributed by atoms with van der Waals surface area (Å²) in [7, 11) is -4.28. The van der Waals surface area contributed by atoms with E-state index in [0.29, 0.717) is 12.2 Å². The largest absolute Gasteiger partial charge is 0.340 e. The molecular weight excluding hydrogens is 404 g/mol. The molecule has 1 unspecified atom stereocenters. The van der Waals surface area contributed by atoms with Gasteiger partial charge in [0.1, 0.15) is 5.25 Å². The van der Waals surface area contributed by atoms with Gasteiger partial charge in [-0.05, 0) is 54.8 Å². The topological polar surface area (TPSA) is 70.5 Å². The van der Waals surface area contributed by atoms with E-state index in [1.165, 1.54) is 5.56 Å². The molecule has 1 atom stereocenters. The van der Waals surface area contributed by atoms with E-state index >= 15 is 0 Å². The molecule has 0 radical (unpaired) electrons. The second-order valence-corrected chi connectivity index (χ2v) is 9.61. The summed E-state index contributed by atoms with van der Waals surface area (Å²) in [5, 5.41) is -1.07. The Morgan fingerprint density at radius 1 is 1.03 bits per heavy atom. The highest BCUT2D eigenvalue weighted by molar-refractivity contribution is 7.99. The van der Waals surface area contributed by atoms with Crippen LogP contribution in [0.5, 0.6) is 0 Å². The quantitative estimate of drug-likeness (QED) is 0.542. The first kappa shape index (κ1) is 19.9. The number of hydrogen-bond donors (Lipinski definition) is 1. The van der Waals surface area contributed by atoms with Crippen molar-refractivity contribution < 1.29 is 13.0 Å². The van der Waals surface area contributed by atoms with Crippen LogP contribution in [0.25, 0.3) is 0 Å². The maximum Gasteiger partial charge on any atom is 0.273 e. The lowest BCUT2D eigenvalue weighted by Crippen LogP contribution is -2.26. The number of para-hydroxylation sites is 1. The number of nitrogens with zero attached hydrogens (tertiary/aromatic N) is 2. The normalized spacial score (nSPS) is 14.2. The summed E-state index contributed by atoms with van der Waals surface area (Å²) in [5.74, 6) is 0. The minimum Gasteiger partial charge on any atom is -0.340 e. The summed E-state index contributed by atoms with van der Waals surface area (Å²) in [6.45, 7) is 2.56. The fraction of sp³-hybridized carbons (Fsp3) is 0.227. The second kappa shape index (κ2) is 8.18. The molecule has 0 bridgehead atoms. The predicted octanol–water partition coefficient (Wildman–Crippen LogP) is 5.27. The Hall–Kier alpha value is -2.35. The molecule has 0 saturated heterocycles. The first-order chi connectivity index (χ1) is 14.0. The number of anilines is 2. The van der Waals surface area contributed by atoms with Crippen LogP contribution < -0.4 is 4.90 Å². The van der Waals surface area contributed by atoms with Crippen molar-refractivity contribution >= 4 is 33.3 Å². The lowest BCUT2D eigenvalue weighted by molar-refractivity contribution is 0.463. The van der Waals surface area contributed by atoms with Crippen LogP contribution in [-0.2, 0) is 16.5 Å². The second-order valence-electron chi connectivity index (χ2n) is 6.92. The summed E-state index contributed by atoms with van der Waals surface area (Å²) < 4.78 is 34.0. The van der Waals surface area contributed by atoms with Crippen molar-refractivity contribution in [3.8, 4) is 0 Å². The average molecular weight is 427 g/mol. The molecule has 0 saturated carbocycles. The molecule has 0 aliphatic carbocycles. The molecule has 0 spiro atoms. The number of hydrogen-bond acceptors (Lipinski definition) is 5. The molecule has 1 aliphatic rings. The van der Waals surface area contributed by atoms with Crippen molar-refractivity contribution in [2.24, 2.45) is 0 Å². The van der Waals surface area contributed by atoms with Crippen molar-refractivity contribution in [1.29, 1.82) is 0 Å². The molecule has 5 nitrogen and oxygen atoms in total. The Morgan fingerprint density at radius 3 is 2.52 bits per heavy atom. The first-order valence-corrected chi connectivity index (χ1v) is 11.8. The van der Waals surface area contributed by atoms with Crippen molar-refractivity contribution in [2.45, 2.75) is 34.8 Å². The summed E-state index contributed by atoms with van der Waals surface area (Å²) in [6.07, 6.45) is 2.70. The number of aryl methyl sites for hydroxylation is 1. The van der Waals surface area contributed by atoms with Crippen LogP contribution in [0.1, 0.15) is 29.9 Å². The summed E-state index contributed by atoms with van der Waals surface area (Å²) in [6, 6.07) is 19.6. The predicted molar refractivity (Wildman–Crippen MR) is 117 cm³/mol. The van der Waals surface area contributed by atoms with E-state index in [4.69, 9.17) is 0 Å². The number of benzene rings is 2. The van der Waals surface area contributed by atoms with Crippen LogP contribution in [0.2, 0.25) is 0 Å². The van der Waals surface area contributed by atoms with Crippen molar-refractivity contribution in [2.75, 3.05) is 11.4 Å². The van der Waals surface area contributed by atoms with E-state index in [-0.39, 0.29) is 6.42 Å². The molecule has 0 amide bonds. The van der Waals surface area contributed by atoms with Crippen LogP contribution in [0, 0.1) is 0 Å². The SMILES string of the molecule is CCc1ccc2c(c1)N(CCC(c1ccccn1)S(=O)(=O)O)c1ccccc1S2. The number of pyridine rings is 1. The van der Waals surface area contributed by atoms with Gasteiger partial charge in [-0.15, -0.1) is 0 Å². The smallest absolute Gasteiger partial charge is 0.273 e. The lowest BCUT2D eigenvalue weighted by atomic mass is 10.1. The highest BCUT2D eigenvalue weighted by Gasteiger charge is 2.29. The third-order valence-electron chi connectivity index (χ3n) is 5.09. The summed E-state index contributed by atoms with van der Waals surface area (Å²) in [4.78, 5) is 8.59. The number of aromatic nitrogens is 1. The fourth-order valence-electron chi connectivity index (χ4n) is 3.60. The number of rotatable bonds is 6. The van der Waals surface area contributed by atoms with Gasteiger partial charge in [-0.3, -0.25) is 9.54 Å². The minimum absolute atomic E-state index is 0.227. The van der Waals surface area contributed by atoms with Gasteiger partial charge in [-0.2, -0.15) is 8.42 Å². The van der Waals surface area contributed by atoms with Crippen molar-refractivity contribution in [3.63, 3.8) is 0 Å². The first-order valence-electron chi connectivity index (χ1n) is 9.52. The Kier molecular flexibility index (Phi) is 5.63. The van der Waals surface area contributed by atoms with E-state index in [2.05, 4.69) is 41.1 Å². The third-order valence-corrected chi connectivity index (χ3v) is 7.42. The van der Waals surface area contributed by atoms with Crippen molar-refractivity contribution in [1.82, 2.24) is 4.98 Å². The van der Waals surface area contributed by atoms with Crippen LogP contribution >= 0.6 is 11.8 Å². The Bertz CT molecular complexity index is 1120. The van der Waals surface area contributed by atoms with Gasteiger partial charge in [-0.25, -0.2) is 0 Å². The van der Waals surface area contributed by atoms with E-state index < -0.39 is 15.4 Å². The average Bonchev–Trinajstić information content (AvgIpc) is 2.72. The molecule has 2 aromatic carbocycles. The highest BCUT2D eigenvalue weighted by atomic mass is 32.2. The van der Waals surface area contributed by atoms with Crippen LogP contribution in [0.3, 0.4) is 0 Å². The van der Waals surface area contributed by atoms with Crippen LogP contribution in [0.4, 0.5) is 11.4 Å². The molecular formula is C22H22N2O3S2. The van der Waals surface area contributed by atoms with E-state index in [1.54, 1.807) is 36.2 Å². The zero-order valence-corrected chi connectivity index (χ0v) is 17.7. The van der Waals surface area contributed by atoms with E-state index in [0.717, 1.165) is 27.6 Å². The zero-order chi connectivity index (χ0) is 20.4. The molecule has 1 aliphatic heterocycles. The zero-order valence-electron chi connectivity index (χ0n) is 16.0. The van der Waals surface area contributed by atoms with Gasteiger partial charge < -0.3 is 4.90 Å². The van der Waals surface area contributed by atoms with Gasteiger partial charge in [0.2, 0.25) is 0 Å². The Labute approximate surface area is 175 Å². The molecule has 2 heterocycles. The van der Waals surface area contributed by atoms with Crippen LogP contribution in [0.15, 0.2) is 76.7 Å². The van der Waals surface area contributed by atoms with Gasteiger partial charge in [0.05, 0.1) is 17.1 Å². The van der Waals surface area contributed by atoms with Gasteiger partial charge in [-0.1, -0.05) is 43.0 Å². The summed E-state index contributed by atoms with van der Waals surface area (Å²) >= 11 is 1.72. The lowest BCUT2D eigenvalue weighted by Gasteiger charge is -2.34. The van der Waals surface area contributed by atoms with Gasteiger partial charge in [0.15, 0.2) is 0 Å². The Balaban J connectivity index is 1.71. The van der Waals surface area contributed by atoms with Gasteiger partial charge >= 0.3 is 0 Å². The fourth-order valence-corrected chi connectivity index (χ4v) is 5.52. The molecule has 1 N–H and O–H groups in total. The molecule has 1 aromatic heterocycles. The summed E-state index contributed by atoms with van der Waals surface area (Å²) in [5.41, 5.74) is 3.71. The van der Waals surface area contributed by atoms with Gasteiger partial charge in [0, 0.05) is 22.5 Å². The molecule has 4 rings (SSSR count). The maximum absolute atomic E-state index is 12.1. The Morgan fingerprint density at radius 2 is 1.79 bits per heavy atom. The van der Waals surface area contributed by atoms with Crippen molar-refractivity contribution in [3.05, 3.63) is 78.1 Å². The molecule has 150 valence electrons. The molecule has 0 fully saturated rings. The molecule has 3 aromatic rings. The molecule has 29 heavy (non-hydrogen) atoms. The van der Waals surface area contributed by atoms with E-state index in [1.807, 2.05) is 18.2 Å². The number of fused-ring (bicyclic) bond motifs is 2. The minimum atomic E-state index is -4.28. The van der Waals surface area contributed by atoms with E-state index in [9.17, 15) is 13.0 Å². The van der Waals surface area contributed by atoms with Crippen LogP contribution in [-0.4, -0.2) is 24.5 Å². The maximum atomic E-state index is 12.1. The monoisotopic (exact) mass is 426 g/mol. The highest BCUT2D eigenvalue weighted by Crippen LogP contribution is 2.48. The van der Waals surface area contributed by atoms with Gasteiger partial charge in [0.25, 0.3) is 10.1 Å². The third kappa shape index (κ3) is 4.17.